The number of carbonyl (C=O) groups excluding carboxylic acids is 1. The van der Waals surface area contributed by atoms with E-state index < -0.39 is 5.91 Å². The van der Waals surface area contributed by atoms with Gasteiger partial charge in [-0.25, -0.2) is 5.43 Å². The molecule has 0 radical (unpaired) electrons. The Labute approximate surface area is 171 Å². The lowest BCUT2D eigenvalue weighted by atomic mass is 10.1. The second-order valence-corrected chi connectivity index (χ2v) is 6.86. The van der Waals surface area contributed by atoms with E-state index in [2.05, 4.69) is 20.7 Å². The molecule has 7 heteroatoms. The lowest BCUT2D eigenvalue weighted by Gasteiger charge is -2.00. The first-order valence-electron chi connectivity index (χ1n) is 8.44. The van der Waals surface area contributed by atoms with E-state index >= 15 is 0 Å². The smallest absolute Gasteiger partial charge is 0.272 e. The van der Waals surface area contributed by atoms with Gasteiger partial charge in [0.05, 0.1) is 22.0 Å². The van der Waals surface area contributed by atoms with Crippen LogP contribution < -0.4 is 5.43 Å². The minimum Gasteiger partial charge on any atom is -0.272 e. The van der Waals surface area contributed by atoms with E-state index in [0.29, 0.717) is 27.0 Å². The molecule has 0 aliphatic heterocycles. The van der Waals surface area contributed by atoms with Gasteiger partial charge in [-0.05, 0) is 29.0 Å². The summed E-state index contributed by atoms with van der Waals surface area (Å²) >= 11 is 12.0. The van der Waals surface area contributed by atoms with Gasteiger partial charge in [-0.15, -0.1) is 0 Å². The average molecular weight is 409 g/mol. The second kappa shape index (κ2) is 7.84. The maximum atomic E-state index is 12.3. The van der Waals surface area contributed by atoms with Crippen LogP contribution in [0.25, 0.3) is 22.0 Å². The fourth-order valence-corrected chi connectivity index (χ4v) is 3.13. The molecule has 4 aromatic rings. The summed E-state index contributed by atoms with van der Waals surface area (Å²) < 4.78 is 0. The van der Waals surface area contributed by atoms with Crippen LogP contribution in [0.15, 0.2) is 71.8 Å². The summed E-state index contributed by atoms with van der Waals surface area (Å²) in [5, 5.41) is 13.9. The summed E-state index contributed by atoms with van der Waals surface area (Å²) in [4.78, 5) is 12.3. The monoisotopic (exact) mass is 408 g/mol. The third-order valence-electron chi connectivity index (χ3n) is 4.22. The number of aromatic amines is 1. The Bertz CT molecular complexity index is 1200. The Hall–Kier alpha value is -3.15. The number of nitrogens with one attached hydrogen (secondary N) is 2. The zero-order chi connectivity index (χ0) is 19.5. The van der Waals surface area contributed by atoms with E-state index in [-0.39, 0.29) is 0 Å². The van der Waals surface area contributed by atoms with Crippen molar-refractivity contribution in [2.45, 2.75) is 0 Å². The van der Waals surface area contributed by atoms with Gasteiger partial charge in [-0.1, -0.05) is 71.7 Å². The van der Waals surface area contributed by atoms with Crippen LogP contribution in [0.5, 0.6) is 0 Å². The van der Waals surface area contributed by atoms with Crippen molar-refractivity contribution in [1.29, 1.82) is 0 Å². The van der Waals surface area contributed by atoms with E-state index in [4.69, 9.17) is 23.2 Å². The summed E-state index contributed by atoms with van der Waals surface area (Å²) in [5.74, 6) is -0.408. The molecule has 0 aliphatic carbocycles. The number of hydrogen-bond donors (Lipinski definition) is 2. The normalized spacial score (nSPS) is 11.2. The van der Waals surface area contributed by atoms with Gasteiger partial charge in [0, 0.05) is 11.1 Å². The predicted molar refractivity (Wildman–Crippen MR) is 113 cm³/mol. The second-order valence-electron chi connectivity index (χ2n) is 6.07. The van der Waals surface area contributed by atoms with E-state index in [1.54, 1.807) is 24.3 Å². The fraction of sp³-hybridized carbons (Fsp3) is 0. The van der Waals surface area contributed by atoms with Crippen LogP contribution in [0.2, 0.25) is 10.0 Å². The molecule has 4 rings (SSSR count). The lowest BCUT2D eigenvalue weighted by molar-refractivity contribution is 0.0950. The maximum Gasteiger partial charge on any atom is 0.289 e. The highest BCUT2D eigenvalue weighted by atomic mass is 35.5. The van der Waals surface area contributed by atoms with Crippen molar-refractivity contribution in [1.82, 2.24) is 15.6 Å². The minimum absolute atomic E-state index is 0.303. The van der Waals surface area contributed by atoms with Crippen LogP contribution >= 0.6 is 23.2 Å². The number of halogens is 2. The highest BCUT2D eigenvalue weighted by molar-refractivity contribution is 6.43. The molecular weight excluding hydrogens is 395 g/mol. The zero-order valence-electron chi connectivity index (χ0n) is 14.5. The van der Waals surface area contributed by atoms with Crippen molar-refractivity contribution >= 4 is 46.1 Å². The van der Waals surface area contributed by atoms with Crippen molar-refractivity contribution in [3.63, 3.8) is 0 Å². The molecule has 0 bridgehead atoms. The number of hydrazone groups is 1. The number of hydrogen-bond acceptors (Lipinski definition) is 3. The van der Waals surface area contributed by atoms with Gasteiger partial charge >= 0.3 is 0 Å². The van der Waals surface area contributed by atoms with Gasteiger partial charge in [-0.3, -0.25) is 9.89 Å². The number of benzene rings is 3. The van der Waals surface area contributed by atoms with Crippen LogP contribution in [0.1, 0.15) is 16.1 Å². The number of carbonyl (C=O) groups is 1. The summed E-state index contributed by atoms with van der Waals surface area (Å²) in [7, 11) is 0. The van der Waals surface area contributed by atoms with E-state index in [1.807, 2.05) is 42.5 Å². The molecule has 3 aromatic carbocycles. The first-order chi connectivity index (χ1) is 13.6. The largest absolute Gasteiger partial charge is 0.289 e. The van der Waals surface area contributed by atoms with Gasteiger partial charge in [-0.2, -0.15) is 10.2 Å². The predicted octanol–water partition coefficient (Wildman–Crippen LogP) is 5.30. The lowest BCUT2D eigenvalue weighted by Crippen LogP contribution is -2.18. The van der Waals surface area contributed by atoms with Gasteiger partial charge in [0.15, 0.2) is 0 Å². The summed E-state index contributed by atoms with van der Waals surface area (Å²) in [5.41, 5.74) is 4.95. The molecule has 1 heterocycles. The minimum atomic E-state index is -0.408. The molecule has 0 saturated carbocycles. The molecule has 2 N–H and O–H groups in total. The molecule has 5 nitrogen and oxygen atoms in total. The van der Waals surface area contributed by atoms with Crippen LogP contribution in [0.4, 0.5) is 0 Å². The van der Waals surface area contributed by atoms with Crippen LogP contribution in [0.3, 0.4) is 0 Å². The zero-order valence-corrected chi connectivity index (χ0v) is 16.0. The number of nitrogens with zero attached hydrogens (tertiary/aromatic N) is 2. The summed E-state index contributed by atoms with van der Waals surface area (Å²) in [6.07, 6.45) is 1.44. The van der Waals surface area contributed by atoms with Gasteiger partial charge in [0.25, 0.3) is 5.91 Å². The first-order valence-corrected chi connectivity index (χ1v) is 9.19. The van der Waals surface area contributed by atoms with Crippen molar-refractivity contribution in [3.8, 4) is 11.3 Å². The third-order valence-corrected chi connectivity index (χ3v) is 5.05. The molecule has 0 aliphatic rings. The van der Waals surface area contributed by atoms with Gasteiger partial charge < -0.3 is 0 Å². The Balaban J connectivity index is 1.49. The van der Waals surface area contributed by atoms with Crippen molar-refractivity contribution in [2.75, 3.05) is 0 Å². The topological polar surface area (TPSA) is 70.1 Å². The van der Waals surface area contributed by atoms with Crippen molar-refractivity contribution in [2.24, 2.45) is 5.10 Å². The molecule has 0 saturated heterocycles. The summed E-state index contributed by atoms with van der Waals surface area (Å²) in [6, 6.07) is 21.0. The Morgan fingerprint density at radius 2 is 1.82 bits per heavy atom. The van der Waals surface area contributed by atoms with E-state index in [1.165, 1.54) is 6.21 Å². The molecule has 1 amide bonds. The molecule has 28 heavy (non-hydrogen) atoms. The number of aromatic nitrogens is 2. The molecule has 1 aromatic heterocycles. The number of rotatable bonds is 4. The quantitative estimate of drug-likeness (QED) is 0.355. The standard InChI is InChI=1S/C21H14Cl2N4O/c22-17-7-3-6-16(20(17)23)12-24-27-21(28)19-11-18(25-26-19)15-9-8-13-4-1-2-5-14(13)10-15/h1-12H,(H,25,26)(H,27,28)/b24-12+. The molecule has 0 unspecified atom stereocenters. The highest BCUT2D eigenvalue weighted by Crippen LogP contribution is 2.25. The molecule has 0 fully saturated rings. The highest BCUT2D eigenvalue weighted by Gasteiger charge is 2.11. The van der Waals surface area contributed by atoms with Crippen molar-refractivity contribution < 1.29 is 4.79 Å². The Morgan fingerprint density at radius 1 is 1.00 bits per heavy atom. The number of H-pyrrole nitrogens is 1. The fourth-order valence-electron chi connectivity index (χ4n) is 2.78. The Kier molecular flexibility index (Phi) is 5.10. The third kappa shape index (κ3) is 3.76. The molecule has 138 valence electrons. The van der Waals surface area contributed by atoms with Gasteiger partial charge in [0.1, 0.15) is 5.69 Å². The van der Waals surface area contributed by atoms with Gasteiger partial charge in [0.2, 0.25) is 0 Å². The molecule has 0 spiro atoms. The number of amides is 1. The molecule has 0 atom stereocenters. The average Bonchev–Trinajstić information content (AvgIpc) is 3.21. The Morgan fingerprint density at radius 3 is 2.68 bits per heavy atom. The molecular formula is C21H14Cl2N4O. The first kappa shape index (κ1) is 18.2. The van der Waals surface area contributed by atoms with E-state index in [0.717, 1.165) is 16.3 Å². The number of fused-ring (bicyclic) bond motifs is 1. The van der Waals surface area contributed by atoms with Crippen LogP contribution in [-0.4, -0.2) is 22.3 Å². The summed E-state index contributed by atoms with van der Waals surface area (Å²) in [6.45, 7) is 0. The SMILES string of the molecule is O=C(N/N=C/c1cccc(Cl)c1Cl)c1cc(-c2ccc3ccccc3c2)n[nH]1. The van der Waals surface area contributed by atoms with Crippen molar-refractivity contribution in [3.05, 3.63) is 88.0 Å². The van der Waals surface area contributed by atoms with Crippen LogP contribution in [-0.2, 0) is 0 Å². The van der Waals surface area contributed by atoms with E-state index in [9.17, 15) is 4.79 Å². The van der Waals surface area contributed by atoms with Crippen LogP contribution in [0, 0.1) is 0 Å². The maximum absolute atomic E-state index is 12.3.